The number of carbonyl (C=O) groups is 4. The van der Waals surface area contributed by atoms with Crippen LogP contribution in [0.25, 0.3) is 0 Å². The summed E-state index contributed by atoms with van der Waals surface area (Å²) in [4.78, 5) is 72.7. The summed E-state index contributed by atoms with van der Waals surface area (Å²) in [5.41, 5.74) is 0. The van der Waals surface area contributed by atoms with E-state index in [0.29, 0.717) is 31.6 Å². The van der Waals surface area contributed by atoms with Gasteiger partial charge in [-0.05, 0) is 49.4 Å². The third-order valence-electron chi connectivity index (χ3n) is 17.3. The first kappa shape index (κ1) is 92.1. The standard InChI is InChI=1S/C75H146O17P2/c1-65(2)51-43-35-27-20-16-12-9-10-14-19-23-33-41-49-57-74(79)91-70(61-85-72(77)55-47-39-31-22-18-15-11-13-17-21-28-36-44-52-66(3)4)63-89-93(81,82)87-59-69(76)60-88-94(83,84)90-64-71(92-75(80)58-50-42-34-26-30-38-46-54-68(7)8)62-86-73(78)56-48-40-32-25-24-29-37-45-53-67(5)6/h65-71,76H,9-64H2,1-8H3,(H,81,82)(H,83,84)/t69?,70-,71-/m1/s1. The maximum Gasteiger partial charge on any atom is 0.472 e. The molecule has 0 aromatic heterocycles. The lowest BCUT2D eigenvalue weighted by Gasteiger charge is -2.21. The van der Waals surface area contributed by atoms with E-state index in [1.165, 1.54) is 180 Å². The molecule has 5 atom stereocenters. The van der Waals surface area contributed by atoms with Crippen LogP contribution in [0.3, 0.4) is 0 Å². The fourth-order valence-corrected chi connectivity index (χ4v) is 13.0. The van der Waals surface area contributed by atoms with Crippen LogP contribution in [-0.4, -0.2) is 96.7 Å². The average molecular weight is 1380 g/mol. The molecule has 0 fully saturated rings. The normalized spacial score (nSPS) is 14.2. The lowest BCUT2D eigenvalue weighted by Crippen LogP contribution is -2.30. The van der Waals surface area contributed by atoms with E-state index in [0.717, 1.165) is 108 Å². The van der Waals surface area contributed by atoms with Gasteiger partial charge in [0.1, 0.15) is 19.3 Å². The third kappa shape index (κ3) is 68.6. The molecule has 0 aliphatic carbocycles. The summed E-state index contributed by atoms with van der Waals surface area (Å²) in [5, 5.41) is 10.6. The van der Waals surface area contributed by atoms with Gasteiger partial charge in [-0.2, -0.15) is 0 Å². The zero-order valence-corrected chi connectivity index (χ0v) is 63.4. The van der Waals surface area contributed by atoms with Gasteiger partial charge in [0.05, 0.1) is 26.4 Å². The van der Waals surface area contributed by atoms with Crippen LogP contribution in [0.15, 0.2) is 0 Å². The van der Waals surface area contributed by atoms with Crippen LogP contribution in [0.4, 0.5) is 0 Å². The number of esters is 4. The Morgan fingerprint density at radius 1 is 0.266 bits per heavy atom. The fraction of sp³-hybridized carbons (Fsp3) is 0.947. The summed E-state index contributed by atoms with van der Waals surface area (Å²) in [5.74, 6) is 0.884. The topological polar surface area (TPSA) is 237 Å². The first-order chi connectivity index (χ1) is 45.1. The van der Waals surface area contributed by atoms with Crippen LogP contribution >= 0.6 is 15.6 Å². The molecule has 0 saturated carbocycles. The highest BCUT2D eigenvalue weighted by Crippen LogP contribution is 2.45. The van der Waals surface area contributed by atoms with Crippen LogP contribution in [-0.2, 0) is 65.4 Å². The van der Waals surface area contributed by atoms with Gasteiger partial charge >= 0.3 is 39.5 Å². The van der Waals surface area contributed by atoms with Gasteiger partial charge in [-0.3, -0.25) is 37.3 Å². The van der Waals surface area contributed by atoms with E-state index in [-0.39, 0.29) is 25.7 Å². The molecule has 558 valence electrons. The largest absolute Gasteiger partial charge is 0.472 e. The van der Waals surface area contributed by atoms with Gasteiger partial charge in [-0.25, -0.2) is 9.13 Å². The molecule has 0 aromatic rings. The van der Waals surface area contributed by atoms with Crippen molar-refractivity contribution >= 4 is 39.5 Å². The maximum absolute atomic E-state index is 13.1. The molecular weight excluding hydrogens is 1230 g/mol. The monoisotopic (exact) mass is 1380 g/mol. The SMILES string of the molecule is CC(C)CCCCCCCCCCCCCCCCC(=O)O[C@H](COC(=O)CCCCCCCCCCCCCCCC(C)C)COP(=O)(O)OCC(O)COP(=O)(O)OC[C@@H](COC(=O)CCCCCCCCCCC(C)C)OC(=O)CCCCCCCCCC(C)C. The quantitative estimate of drug-likeness (QED) is 0.0222. The molecule has 0 aromatic carbocycles. The number of rotatable bonds is 72. The minimum atomic E-state index is -4.96. The Bertz CT molecular complexity index is 1850. The van der Waals surface area contributed by atoms with Gasteiger partial charge in [-0.15, -0.1) is 0 Å². The molecule has 0 spiro atoms. The molecule has 0 saturated heterocycles. The summed E-state index contributed by atoms with van der Waals surface area (Å²) in [6, 6.07) is 0. The number of carbonyl (C=O) groups excluding carboxylic acids is 4. The van der Waals surface area contributed by atoms with Crippen molar-refractivity contribution < 1.29 is 80.2 Å². The third-order valence-corrected chi connectivity index (χ3v) is 19.2. The van der Waals surface area contributed by atoms with E-state index in [1.54, 1.807) is 0 Å². The Labute approximate surface area is 575 Å². The zero-order chi connectivity index (χ0) is 69.6. The van der Waals surface area contributed by atoms with Gasteiger partial charge in [0.2, 0.25) is 0 Å². The average Bonchev–Trinajstić information content (AvgIpc) is 2.03. The Balaban J connectivity index is 5.24. The predicted octanol–water partition coefficient (Wildman–Crippen LogP) is 21.7. The number of phosphoric acid groups is 2. The second-order valence-electron chi connectivity index (χ2n) is 28.9. The summed E-state index contributed by atoms with van der Waals surface area (Å²) in [6.45, 7) is 14.1. The zero-order valence-electron chi connectivity index (χ0n) is 61.6. The van der Waals surface area contributed by atoms with Crippen molar-refractivity contribution in [3.8, 4) is 0 Å². The predicted molar refractivity (Wildman–Crippen MR) is 381 cm³/mol. The Hall–Kier alpha value is -1.94. The number of phosphoric ester groups is 2. The second-order valence-corrected chi connectivity index (χ2v) is 31.9. The molecule has 0 aliphatic rings. The van der Waals surface area contributed by atoms with E-state index in [4.69, 9.17) is 37.0 Å². The number of aliphatic hydroxyl groups is 1. The molecule has 0 amide bonds. The van der Waals surface area contributed by atoms with Crippen LogP contribution in [0, 0.1) is 23.7 Å². The lowest BCUT2D eigenvalue weighted by atomic mass is 10.0. The Morgan fingerprint density at radius 3 is 0.660 bits per heavy atom. The van der Waals surface area contributed by atoms with E-state index in [1.807, 2.05) is 0 Å². The minimum absolute atomic E-state index is 0.103. The number of hydrogen-bond donors (Lipinski definition) is 3. The minimum Gasteiger partial charge on any atom is -0.462 e. The molecule has 17 nitrogen and oxygen atoms in total. The summed E-state index contributed by atoms with van der Waals surface area (Å²) < 4.78 is 68.5. The van der Waals surface area contributed by atoms with Gasteiger partial charge < -0.3 is 33.8 Å². The summed E-state index contributed by atoms with van der Waals surface area (Å²) in [6.07, 6.45) is 48.7. The number of unbranched alkanes of at least 4 members (excludes halogenated alkanes) is 38. The molecule has 0 bridgehead atoms. The lowest BCUT2D eigenvalue weighted by molar-refractivity contribution is -0.161. The summed E-state index contributed by atoms with van der Waals surface area (Å²) >= 11 is 0. The maximum atomic E-state index is 13.1. The number of ether oxygens (including phenoxy) is 4. The van der Waals surface area contributed by atoms with Crippen LogP contribution in [0.2, 0.25) is 0 Å². The number of hydrogen-bond acceptors (Lipinski definition) is 15. The molecule has 19 heteroatoms. The van der Waals surface area contributed by atoms with Crippen LogP contribution in [0.5, 0.6) is 0 Å². The highest BCUT2D eigenvalue weighted by Gasteiger charge is 2.30. The fourth-order valence-electron chi connectivity index (χ4n) is 11.4. The van der Waals surface area contributed by atoms with Crippen molar-refractivity contribution in [2.45, 2.75) is 395 Å². The molecular formula is C75H146O17P2. The molecule has 0 rings (SSSR count). The Morgan fingerprint density at radius 2 is 0.447 bits per heavy atom. The van der Waals surface area contributed by atoms with Crippen molar-refractivity contribution in [3.63, 3.8) is 0 Å². The summed E-state index contributed by atoms with van der Waals surface area (Å²) in [7, 11) is -9.91. The molecule has 3 N–H and O–H groups in total. The van der Waals surface area contributed by atoms with Crippen molar-refractivity contribution in [2.75, 3.05) is 39.6 Å². The van der Waals surface area contributed by atoms with Crippen molar-refractivity contribution in [1.82, 2.24) is 0 Å². The Kier molecular flexibility index (Phi) is 63.1. The molecule has 0 heterocycles. The first-order valence-electron chi connectivity index (χ1n) is 38.7. The van der Waals surface area contributed by atoms with E-state index in [9.17, 15) is 43.2 Å². The smallest absolute Gasteiger partial charge is 0.462 e. The van der Waals surface area contributed by atoms with Crippen LogP contribution in [0.1, 0.15) is 376 Å². The number of aliphatic hydroxyl groups excluding tert-OH is 1. The molecule has 0 aliphatic heterocycles. The van der Waals surface area contributed by atoms with Crippen molar-refractivity contribution in [1.29, 1.82) is 0 Å². The highest BCUT2D eigenvalue weighted by atomic mass is 31.2. The van der Waals surface area contributed by atoms with E-state index in [2.05, 4.69) is 55.4 Å². The van der Waals surface area contributed by atoms with Gasteiger partial charge in [0, 0.05) is 25.7 Å². The molecule has 94 heavy (non-hydrogen) atoms. The van der Waals surface area contributed by atoms with E-state index >= 15 is 0 Å². The van der Waals surface area contributed by atoms with E-state index < -0.39 is 97.5 Å². The highest BCUT2D eigenvalue weighted by molar-refractivity contribution is 7.47. The van der Waals surface area contributed by atoms with Gasteiger partial charge in [0.15, 0.2) is 12.2 Å². The van der Waals surface area contributed by atoms with Gasteiger partial charge in [0.25, 0.3) is 0 Å². The van der Waals surface area contributed by atoms with Crippen LogP contribution < -0.4 is 0 Å². The second kappa shape index (κ2) is 64.4. The molecule has 3 unspecified atom stereocenters. The van der Waals surface area contributed by atoms with Crippen molar-refractivity contribution in [2.24, 2.45) is 23.7 Å². The van der Waals surface area contributed by atoms with Crippen molar-refractivity contribution in [3.05, 3.63) is 0 Å². The molecule has 0 radical (unpaired) electrons. The first-order valence-corrected chi connectivity index (χ1v) is 41.7. The van der Waals surface area contributed by atoms with Gasteiger partial charge in [-0.1, -0.05) is 325 Å².